The van der Waals surface area contributed by atoms with Crippen LogP contribution in [0.5, 0.6) is 0 Å². The number of carboxylic acid groups (broad SMARTS) is 1. The molecule has 0 fully saturated rings. The first-order valence-corrected chi connectivity index (χ1v) is 12.5. The lowest BCUT2D eigenvalue weighted by Gasteiger charge is -2.17. The quantitative estimate of drug-likeness (QED) is 0.206. The number of hydrogen-bond acceptors (Lipinski definition) is 7. The molecule has 0 saturated heterocycles. The van der Waals surface area contributed by atoms with Crippen molar-refractivity contribution in [3.8, 4) is 11.3 Å². The first kappa shape index (κ1) is 28.5. The van der Waals surface area contributed by atoms with E-state index in [1.54, 1.807) is 23.6 Å². The molecule has 8 nitrogen and oxygen atoms in total. The minimum absolute atomic E-state index is 0.0481. The van der Waals surface area contributed by atoms with Crippen molar-refractivity contribution in [2.75, 3.05) is 32.8 Å². The van der Waals surface area contributed by atoms with E-state index in [9.17, 15) is 9.59 Å². The van der Waals surface area contributed by atoms with E-state index < -0.39 is 23.8 Å². The molecular formula is C25H23Cl2FN2O6S. The lowest BCUT2D eigenvalue weighted by atomic mass is 10.0. The second-order valence-electron chi connectivity index (χ2n) is 7.46. The number of carbonyl (C=O) groups excluding carboxylic acids is 1. The van der Waals surface area contributed by atoms with Gasteiger partial charge in [0.15, 0.2) is 5.13 Å². The molecule has 37 heavy (non-hydrogen) atoms. The predicted octanol–water partition coefficient (Wildman–Crippen LogP) is 6.30. The van der Waals surface area contributed by atoms with Crippen molar-refractivity contribution >= 4 is 57.6 Å². The third kappa shape index (κ3) is 6.85. The molecule has 0 bridgehead atoms. The number of halogens is 3. The fourth-order valence-electron chi connectivity index (χ4n) is 3.32. The maximum absolute atomic E-state index is 15.3. The highest BCUT2D eigenvalue weighted by Crippen LogP contribution is 2.33. The smallest absolute Gasteiger partial charge is 0.371 e. The van der Waals surface area contributed by atoms with Gasteiger partial charge in [-0.05, 0) is 31.2 Å². The van der Waals surface area contributed by atoms with Crippen molar-refractivity contribution < 1.29 is 33.3 Å². The van der Waals surface area contributed by atoms with E-state index >= 15 is 4.39 Å². The van der Waals surface area contributed by atoms with Crippen LogP contribution in [-0.2, 0) is 19.0 Å². The van der Waals surface area contributed by atoms with Crippen molar-refractivity contribution in [1.29, 1.82) is 0 Å². The van der Waals surface area contributed by atoms with Gasteiger partial charge in [0.25, 0.3) is 5.91 Å². The highest BCUT2D eigenvalue weighted by Gasteiger charge is 2.21. The molecular weight excluding hydrogens is 546 g/mol. The van der Waals surface area contributed by atoms with E-state index in [0.717, 1.165) is 17.4 Å². The van der Waals surface area contributed by atoms with Crippen LogP contribution in [-0.4, -0.2) is 49.4 Å². The summed E-state index contributed by atoms with van der Waals surface area (Å²) in [4.78, 5) is 28.3. The SMILES string of the molecule is CCOCC(OC)c1cccc(-c2csc(NC(=O)c3cc(Cl)c(/C=C(\OC)C(=O)O)c(Cl)c3)n2)c1F. The zero-order chi connectivity index (χ0) is 27.1. The number of aromatic nitrogens is 1. The summed E-state index contributed by atoms with van der Waals surface area (Å²) >= 11 is 13.6. The number of methoxy groups -OCH3 is 2. The molecule has 1 aromatic heterocycles. The Morgan fingerprint density at radius 2 is 1.95 bits per heavy atom. The van der Waals surface area contributed by atoms with Gasteiger partial charge in [-0.3, -0.25) is 10.1 Å². The topological polar surface area (TPSA) is 107 Å². The summed E-state index contributed by atoms with van der Waals surface area (Å²) in [5.41, 5.74) is 1.23. The zero-order valence-electron chi connectivity index (χ0n) is 20.0. The maximum Gasteiger partial charge on any atom is 0.371 e. The molecule has 1 unspecified atom stereocenters. The number of thiazole rings is 1. The van der Waals surface area contributed by atoms with Gasteiger partial charge < -0.3 is 19.3 Å². The Hall–Kier alpha value is -3.02. The molecule has 0 saturated carbocycles. The second kappa shape index (κ2) is 13.0. The number of anilines is 1. The normalized spacial score (nSPS) is 12.3. The number of carbonyl (C=O) groups is 2. The van der Waals surface area contributed by atoms with E-state index in [1.807, 2.05) is 6.92 Å². The molecule has 2 N–H and O–H groups in total. The summed E-state index contributed by atoms with van der Waals surface area (Å²) in [5, 5.41) is 13.7. The molecule has 0 aliphatic heterocycles. The average molecular weight is 569 g/mol. The fraction of sp³-hybridized carbons (Fsp3) is 0.240. The monoisotopic (exact) mass is 568 g/mol. The van der Waals surface area contributed by atoms with E-state index in [0.29, 0.717) is 17.9 Å². The van der Waals surface area contributed by atoms with Crippen LogP contribution in [0.1, 0.15) is 34.5 Å². The van der Waals surface area contributed by atoms with Crippen LogP contribution in [0.25, 0.3) is 17.3 Å². The minimum atomic E-state index is -1.30. The van der Waals surface area contributed by atoms with Gasteiger partial charge in [0.2, 0.25) is 5.76 Å². The lowest BCUT2D eigenvalue weighted by molar-refractivity contribution is -0.135. The summed E-state index contributed by atoms with van der Waals surface area (Å²) in [5.74, 6) is -2.72. The summed E-state index contributed by atoms with van der Waals surface area (Å²) in [6.07, 6.45) is 0.577. The number of carboxylic acids is 1. The van der Waals surface area contributed by atoms with Crippen LogP contribution >= 0.6 is 34.5 Å². The highest BCUT2D eigenvalue weighted by atomic mass is 35.5. The Bertz CT molecular complexity index is 1310. The maximum atomic E-state index is 15.3. The highest BCUT2D eigenvalue weighted by molar-refractivity contribution is 7.14. The van der Waals surface area contributed by atoms with E-state index in [1.165, 1.54) is 26.4 Å². The Morgan fingerprint density at radius 1 is 1.24 bits per heavy atom. The van der Waals surface area contributed by atoms with Crippen molar-refractivity contribution in [1.82, 2.24) is 4.98 Å². The molecule has 0 radical (unpaired) electrons. The van der Waals surface area contributed by atoms with Crippen molar-refractivity contribution in [2.45, 2.75) is 13.0 Å². The van der Waals surface area contributed by atoms with Crippen LogP contribution in [0, 0.1) is 5.82 Å². The largest absolute Gasteiger partial charge is 0.490 e. The molecule has 1 atom stereocenters. The van der Waals surface area contributed by atoms with Gasteiger partial charge in [0, 0.05) is 41.4 Å². The second-order valence-corrected chi connectivity index (χ2v) is 9.13. The summed E-state index contributed by atoms with van der Waals surface area (Å²) in [6, 6.07) is 7.58. The predicted molar refractivity (Wildman–Crippen MR) is 141 cm³/mol. The molecule has 3 aromatic rings. The third-order valence-corrected chi connectivity index (χ3v) is 6.56. The molecule has 1 heterocycles. The number of nitrogens with one attached hydrogen (secondary N) is 1. The molecule has 2 aromatic carbocycles. The number of hydrogen-bond donors (Lipinski definition) is 2. The van der Waals surface area contributed by atoms with E-state index in [4.69, 9.17) is 42.5 Å². The third-order valence-electron chi connectivity index (χ3n) is 5.18. The molecule has 0 aliphatic carbocycles. The van der Waals surface area contributed by atoms with Crippen molar-refractivity contribution in [3.63, 3.8) is 0 Å². The first-order chi connectivity index (χ1) is 17.7. The minimum Gasteiger partial charge on any atom is -0.490 e. The van der Waals surface area contributed by atoms with E-state index in [2.05, 4.69) is 10.3 Å². The summed E-state index contributed by atoms with van der Waals surface area (Å²) < 4.78 is 30.9. The summed E-state index contributed by atoms with van der Waals surface area (Å²) in [6.45, 7) is 2.52. The number of ether oxygens (including phenoxy) is 3. The van der Waals surface area contributed by atoms with Gasteiger partial charge >= 0.3 is 5.97 Å². The van der Waals surface area contributed by atoms with Gasteiger partial charge in [0.05, 0.1) is 29.5 Å². The van der Waals surface area contributed by atoms with Crippen LogP contribution in [0.2, 0.25) is 10.0 Å². The van der Waals surface area contributed by atoms with Crippen LogP contribution in [0.15, 0.2) is 41.5 Å². The van der Waals surface area contributed by atoms with Crippen LogP contribution in [0.3, 0.4) is 0 Å². The fourth-order valence-corrected chi connectivity index (χ4v) is 4.62. The Balaban J connectivity index is 1.82. The first-order valence-electron chi connectivity index (χ1n) is 10.8. The molecule has 3 rings (SSSR count). The Morgan fingerprint density at radius 3 is 2.54 bits per heavy atom. The molecule has 0 aliphatic rings. The Kier molecular flexibility index (Phi) is 10.0. The van der Waals surface area contributed by atoms with E-state index in [-0.39, 0.29) is 44.2 Å². The zero-order valence-corrected chi connectivity index (χ0v) is 22.3. The van der Waals surface area contributed by atoms with Crippen molar-refractivity contribution in [2.24, 2.45) is 0 Å². The number of benzene rings is 2. The Labute approximate surface area is 226 Å². The molecule has 1 amide bonds. The lowest BCUT2D eigenvalue weighted by Crippen LogP contribution is -2.12. The van der Waals surface area contributed by atoms with Crippen LogP contribution < -0.4 is 5.32 Å². The van der Waals surface area contributed by atoms with Crippen LogP contribution in [0.4, 0.5) is 9.52 Å². The number of rotatable bonds is 11. The standard InChI is InChI=1S/C25H23Cl2FN2O6S/c1-4-36-11-21(35-3)15-7-5-6-14(22(15)28)19-12-37-25(29-19)30-23(31)13-8-17(26)16(18(27)9-13)10-20(34-2)24(32)33/h5-10,12,21H,4,11H2,1-3H3,(H,32,33)(H,29,30,31)/b20-10-. The van der Waals surface area contributed by atoms with Gasteiger partial charge in [-0.15, -0.1) is 11.3 Å². The van der Waals surface area contributed by atoms with Crippen molar-refractivity contribution in [3.05, 3.63) is 74.0 Å². The number of nitrogens with zero attached hydrogens (tertiary/aromatic N) is 1. The average Bonchev–Trinajstić information content (AvgIpc) is 3.32. The number of amides is 1. The van der Waals surface area contributed by atoms with Gasteiger partial charge in [0.1, 0.15) is 11.9 Å². The molecule has 12 heteroatoms. The van der Waals surface area contributed by atoms with Gasteiger partial charge in [-0.1, -0.05) is 35.3 Å². The van der Waals surface area contributed by atoms with Gasteiger partial charge in [-0.25, -0.2) is 14.2 Å². The number of aliphatic carboxylic acids is 1. The summed E-state index contributed by atoms with van der Waals surface area (Å²) in [7, 11) is 2.68. The molecule has 196 valence electrons. The molecule has 0 spiro atoms. The van der Waals surface area contributed by atoms with Gasteiger partial charge in [-0.2, -0.15) is 0 Å².